The second-order valence-electron chi connectivity index (χ2n) is 5.91. The maximum atomic E-state index is 14.1. The molecule has 0 radical (unpaired) electrons. The molecule has 0 aliphatic heterocycles. The van der Waals surface area contributed by atoms with Gasteiger partial charge in [0.2, 0.25) is 0 Å². The molecule has 0 bridgehead atoms. The number of carbonyl (C=O) groups is 1. The summed E-state index contributed by atoms with van der Waals surface area (Å²) < 4.78 is 30.1. The molecule has 1 heterocycles. The molecule has 27 heavy (non-hydrogen) atoms. The highest BCUT2D eigenvalue weighted by atomic mass is 19.1. The number of carbonyl (C=O) groups excluding carboxylic acids is 1. The summed E-state index contributed by atoms with van der Waals surface area (Å²) >= 11 is 0. The Hall–Kier alpha value is -3.28. The summed E-state index contributed by atoms with van der Waals surface area (Å²) in [6.45, 7) is 0.475. The predicted molar refractivity (Wildman–Crippen MR) is 98.2 cm³/mol. The Bertz CT molecular complexity index is 908. The van der Waals surface area contributed by atoms with E-state index in [4.69, 9.17) is 13.9 Å². The van der Waals surface area contributed by atoms with E-state index in [-0.39, 0.29) is 18.7 Å². The third kappa shape index (κ3) is 4.28. The second-order valence-corrected chi connectivity index (χ2v) is 5.91. The maximum Gasteiger partial charge on any atom is 0.257 e. The quantitative estimate of drug-likeness (QED) is 0.624. The predicted octanol–water partition coefficient (Wildman–Crippen LogP) is 4.28. The summed E-state index contributed by atoms with van der Waals surface area (Å²) in [4.78, 5) is 14.5. The van der Waals surface area contributed by atoms with Gasteiger partial charge in [0.15, 0.2) is 11.5 Å². The number of methoxy groups -OCH3 is 2. The first kappa shape index (κ1) is 18.5. The van der Waals surface area contributed by atoms with Crippen LogP contribution in [0, 0.1) is 5.82 Å². The Balaban J connectivity index is 1.90. The summed E-state index contributed by atoms with van der Waals surface area (Å²) in [5, 5.41) is 0. The van der Waals surface area contributed by atoms with E-state index >= 15 is 0 Å². The summed E-state index contributed by atoms with van der Waals surface area (Å²) in [5.74, 6) is 0.796. The van der Waals surface area contributed by atoms with Crippen LogP contribution in [-0.2, 0) is 13.1 Å². The first-order valence-corrected chi connectivity index (χ1v) is 8.39. The van der Waals surface area contributed by atoms with Crippen LogP contribution in [-0.4, -0.2) is 25.0 Å². The lowest BCUT2D eigenvalue weighted by Gasteiger charge is -2.23. The van der Waals surface area contributed by atoms with Crippen molar-refractivity contribution in [3.05, 3.63) is 83.6 Å². The van der Waals surface area contributed by atoms with Crippen molar-refractivity contribution in [3.8, 4) is 11.5 Å². The van der Waals surface area contributed by atoms with Crippen LogP contribution in [0.1, 0.15) is 21.7 Å². The van der Waals surface area contributed by atoms with Crippen LogP contribution < -0.4 is 9.47 Å². The number of furan rings is 1. The van der Waals surface area contributed by atoms with Gasteiger partial charge in [-0.05, 0) is 42.0 Å². The van der Waals surface area contributed by atoms with E-state index in [2.05, 4.69) is 0 Å². The molecule has 0 spiro atoms. The molecule has 0 N–H and O–H groups in total. The van der Waals surface area contributed by atoms with Gasteiger partial charge in [0.05, 0.1) is 32.6 Å². The number of benzene rings is 2. The summed E-state index contributed by atoms with van der Waals surface area (Å²) in [6.07, 6.45) is 1.54. The van der Waals surface area contributed by atoms with Crippen molar-refractivity contribution in [3.63, 3.8) is 0 Å². The molecule has 1 amide bonds. The van der Waals surface area contributed by atoms with Gasteiger partial charge in [-0.2, -0.15) is 0 Å². The molecule has 1 aromatic heterocycles. The monoisotopic (exact) mass is 369 g/mol. The zero-order chi connectivity index (χ0) is 19.2. The number of hydrogen-bond acceptors (Lipinski definition) is 4. The number of hydrogen-bond donors (Lipinski definition) is 0. The molecule has 0 atom stereocenters. The van der Waals surface area contributed by atoms with Crippen molar-refractivity contribution in [2.45, 2.75) is 13.1 Å². The van der Waals surface area contributed by atoms with E-state index in [0.29, 0.717) is 17.3 Å². The van der Waals surface area contributed by atoms with Gasteiger partial charge in [-0.25, -0.2) is 4.39 Å². The smallest absolute Gasteiger partial charge is 0.257 e. The Kier molecular flexibility index (Phi) is 5.76. The SMILES string of the molecule is COc1ccc(CN(Cc2ccco2)C(=O)c2ccccc2F)cc1OC. The van der Waals surface area contributed by atoms with E-state index in [9.17, 15) is 9.18 Å². The van der Waals surface area contributed by atoms with E-state index in [1.165, 1.54) is 23.3 Å². The van der Waals surface area contributed by atoms with Gasteiger partial charge in [0.25, 0.3) is 5.91 Å². The number of ether oxygens (including phenoxy) is 2. The van der Waals surface area contributed by atoms with Crippen LogP contribution in [0.4, 0.5) is 4.39 Å². The second kappa shape index (κ2) is 8.40. The van der Waals surface area contributed by atoms with Gasteiger partial charge in [-0.3, -0.25) is 4.79 Å². The zero-order valence-electron chi connectivity index (χ0n) is 15.1. The van der Waals surface area contributed by atoms with E-state index in [1.807, 2.05) is 6.07 Å². The highest BCUT2D eigenvalue weighted by Gasteiger charge is 2.21. The van der Waals surface area contributed by atoms with E-state index < -0.39 is 11.7 Å². The van der Waals surface area contributed by atoms with Crippen LogP contribution >= 0.6 is 0 Å². The molecule has 3 aromatic rings. The fourth-order valence-electron chi connectivity index (χ4n) is 2.79. The fourth-order valence-corrected chi connectivity index (χ4v) is 2.79. The maximum absolute atomic E-state index is 14.1. The highest BCUT2D eigenvalue weighted by Crippen LogP contribution is 2.28. The zero-order valence-corrected chi connectivity index (χ0v) is 15.1. The van der Waals surface area contributed by atoms with Gasteiger partial charge >= 0.3 is 0 Å². The standard InChI is InChI=1S/C21H20FNO4/c1-25-19-10-9-15(12-20(19)26-2)13-23(14-16-6-5-11-27-16)21(24)17-7-3-4-8-18(17)22/h3-12H,13-14H2,1-2H3. The van der Waals surface area contributed by atoms with Crippen LogP contribution in [0.2, 0.25) is 0 Å². The van der Waals surface area contributed by atoms with Crippen LogP contribution in [0.25, 0.3) is 0 Å². The third-order valence-electron chi connectivity index (χ3n) is 4.14. The van der Waals surface area contributed by atoms with Crippen LogP contribution in [0.3, 0.4) is 0 Å². The molecular weight excluding hydrogens is 349 g/mol. The first-order valence-electron chi connectivity index (χ1n) is 8.39. The topological polar surface area (TPSA) is 51.9 Å². The average Bonchev–Trinajstić information content (AvgIpc) is 3.20. The Morgan fingerprint density at radius 3 is 2.44 bits per heavy atom. The number of amides is 1. The molecule has 0 saturated carbocycles. The molecule has 0 fully saturated rings. The minimum Gasteiger partial charge on any atom is -0.493 e. The Morgan fingerprint density at radius 1 is 1.00 bits per heavy atom. The van der Waals surface area contributed by atoms with Crippen molar-refractivity contribution in [2.75, 3.05) is 14.2 Å². The molecular formula is C21H20FNO4. The normalized spacial score (nSPS) is 10.5. The Morgan fingerprint density at radius 2 is 1.78 bits per heavy atom. The summed E-state index contributed by atoms with van der Waals surface area (Å²) in [5.41, 5.74) is 0.841. The number of rotatable bonds is 7. The highest BCUT2D eigenvalue weighted by molar-refractivity contribution is 5.94. The molecule has 140 valence electrons. The minimum absolute atomic E-state index is 0.0181. The minimum atomic E-state index is -0.556. The fraction of sp³-hybridized carbons (Fsp3) is 0.190. The van der Waals surface area contributed by atoms with Crippen molar-refractivity contribution in [1.82, 2.24) is 4.90 Å². The lowest BCUT2D eigenvalue weighted by atomic mass is 10.1. The van der Waals surface area contributed by atoms with Gasteiger partial charge < -0.3 is 18.8 Å². The van der Waals surface area contributed by atoms with Gasteiger partial charge in [0.1, 0.15) is 11.6 Å². The van der Waals surface area contributed by atoms with Gasteiger partial charge in [0, 0.05) is 6.54 Å². The number of halogens is 1. The van der Waals surface area contributed by atoms with Gasteiger partial charge in [-0.15, -0.1) is 0 Å². The lowest BCUT2D eigenvalue weighted by molar-refractivity contribution is 0.0712. The largest absolute Gasteiger partial charge is 0.493 e. The summed E-state index contributed by atoms with van der Waals surface area (Å²) in [6, 6.07) is 14.9. The lowest BCUT2D eigenvalue weighted by Crippen LogP contribution is -2.30. The van der Waals surface area contributed by atoms with Crippen molar-refractivity contribution in [1.29, 1.82) is 0 Å². The first-order chi connectivity index (χ1) is 13.1. The van der Waals surface area contributed by atoms with Crippen LogP contribution in [0.5, 0.6) is 11.5 Å². The van der Waals surface area contributed by atoms with Crippen molar-refractivity contribution >= 4 is 5.91 Å². The number of nitrogens with zero attached hydrogens (tertiary/aromatic N) is 1. The van der Waals surface area contributed by atoms with Crippen molar-refractivity contribution in [2.24, 2.45) is 0 Å². The molecule has 3 rings (SSSR count). The van der Waals surface area contributed by atoms with Crippen molar-refractivity contribution < 1.29 is 23.1 Å². The third-order valence-corrected chi connectivity index (χ3v) is 4.14. The van der Waals surface area contributed by atoms with E-state index in [1.54, 1.807) is 50.6 Å². The summed E-state index contributed by atoms with van der Waals surface area (Å²) in [7, 11) is 3.11. The molecule has 0 aliphatic rings. The Labute approximate surface area is 156 Å². The molecule has 2 aromatic carbocycles. The van der Waals surface area contributed by atoms with Crippen LogP contribution in [0.15, 0.2) is 65.3 Å². The molecule has 0 saturated heterocycles. The van der Waals surface area contributed by atoms with E-state index in [0.717, 1.165) is 5.56 Å². The van der Waals surface area contributed by atoms with Gasteiger partial charge in [-0.1, -0.05) is 18.2 Å². The average molecular weight is 369 g/mol. The molecule has 5 nitrogen and oxygen atoms in total. The molecule has 0 unspecified atom stereocenters. The molecule has 0 aliphatic carbocycles. The molecule has 6 heteroatoms.